The fourth-order valence-corrected chi connectivity index (χ4v) is 2.76. The van der Waals surface area contributed by atoms with E-state index in [-0.39, 0.29) is 0 Å². The Bertz CT molecular complexity index is 497. The van der Waals surface area contributed by atoms with Crippen molar-refractivity contribution in [1.82, 2.24) is 0 Å². The van der Waals surface area contributed by atoms with Crippen LogP contribution in [0.25, 0.3) is 11.3 Å². The molecule has 2 rings (SSSR count). The van der Waals surface area contributed by atoms with E-state index in [0.29, 0.717) is 5.92 Å². The number of aromatic nitrogens is 1. The minimum atomic E-state index is 0.700. The topological polar surface area (TPSA) is 40.2 Å². The lowest BCUT2D eigenvalue weighted by Crippen LogP contribution is -2.07. The zero-order chi connectivity index (χ0) is 12.4. The van der Waals surface area contributed by atoms with Crippen LogP contribution in [0.3, 0.4) is 0 Å². The number of thiazole rings is 1. The number of anilines is 1. The van der Waals surface area contributed by atoms with Crippen LogP contribution in [0.2, 0.25) is 0 Å². The fourth-order valence-electron chi connectivity index (χ4n) is 2.01. The molecule has 0 aliphatic rings. The van der Waals surface area contributed by atoms with Gasteiger partial charge in [-0.15, -0.1) is 0 Å². The quantitative estimate of drug-likeness (QED) is 0.888. The van der Waals surface area contributed by atoms with Crippen molar-refractivity contribution in [3.8, 4) is 11.3 Å². The zero-order valence-electron chi connectivity index (χ0n) is 10.6. The first-order valence-electron chi connectivity index (χ1n) is 5.93. The number of H-pyrrole nitrogens is 1. The van der Waals surface area contributed by atoms with Crippen molar-refractivity contribution < 1.29 is 4.98 Å². The molecule has 0 fully saturated rings. The summed E-state index contributed by atoms with van der Waals surface area (Å²) in [6, 6.07) is 8.75. The Hall–Kier alpha value is -1.35. The van der Waals surface area contributed by atoms with Crippen molar-refractivity contribution in [2.45, 2.75) is 27.2 Å². The van der Waals surface area contributed by atoms with Crippen molar-refractivity contribution in [2.75, 3.05) is 5.73 Å². The van der Waals surface area contributed by atoms with Crippen LogP contribution in [-0.2, 0) is 6.42 Å². The molecule has 17 heavy (non-hydrogen) atoms. The van der Waals surface area contributed by atoms with E-state index >= 15 is 0 Å². The second-order valence-corrected chi connectivity index (χ2v) is 6.07. The Morgan fingerprint density at radius 3 is 2.35 bits per heavy atom. The van der Waals surface area contributed by atoms with E-state index in [9.17, 15) is 0 Å². The first-order chi connectivity index (χ1) is 8.06. The van der Waals surface area contributed by atoms with Gasteiger partial charge in [-0.25, -0.2) is 4.98 Å². The minimum Gasteiger partial charge on any atom is -0.278 e. The highest BCUT2D eigenvalue weighted by Gasteiger charge is 2.11. The van der Waals surface area contributed by atoms with E-state index in [1.807, 2.05) is 0 Å². The van der Waals surface area contributed by atoms with E-state index < -0.39 is 0 Å². The standard InChI is InChI=1S/C14H18N2S/c1-9(2)8-11-4-6-12(7-5-11)13-10(3)17-14(15)16-13/h4-7,9H,8H2,1-3H3,(H2,15,16)/p+1. The van der Waals surface area contributed by atoms with Gasteiger partial charge in [0.25, 0.3) is 0 Å². The molecule has 90 valence electrons. The van der Waals surface area contributed by atoms with Crippen LogP contribution in [0, 0.1) is 12.8 Å². The first kappa shape index (κ1) is 12.1. The van der Waals surface area contributed by atoms with E-state index in [1.165, 1.54) is 16.0 Å². The number of nitrogens with one attached hydrogen (secondary N) is 1. The summed E-state index contributed by atoms with van der Waals surface area (Å²) in [5.74, 6) is 0.700. The average Bonchev–Trinajstić information content (AvgIpc) is 2.58. The summed E-state index contributed by atoms with van der Waals surface area (Å²) in [6.45, 7) is 6.58. The first-order valence-corrected chi connectivity index (χ1v) is 6.75. The number of nitrogen functional groups attached to an aromatic ring is 1. The molecule has 0 amide bonds. The van der Waals surface area contributed by atoms with Crippen LogP contribution in [0.1, 0.15) is 24.3 Å². The van der Waals surface area contributed by atoms with E-state index in [0.717, 1.165) is 17.2 Å². The summed E-state index contributed by atoms with van der Waals surface area (Å²) in [6.07, 6.45) is 1.13. The molecule has 2 aromatic rings. The van der Waals surface area contributed by atoms with Gasteiger partial charge < -0.3 is 0 Å². The predicted octanol–water partition coefficient (Wildman–Crippen LogP) is 3.32. The highest BCUT2D eigenvalue weighted by Crippen LogP contribution is 2.25. The second kappa shape index (κ2) is 4.88. The molecule has 0 saturated carbocycles. The maximum absolute atomic E-state index is 5.78. The van der Waals surface area contributed by atoms with Gasteiger partial charge in [0.1, 0.15) is 5.69 Å². The number of rotatable bonds is 3. The highest BCUT2D eigenvalue weighted by molar-refractivity contribution is 7.15. The molecule has 0 atom stereocenters. The van der Waals surface area contributed by atoms with E-state index in [2.05, 4.69) is 50.0 Å². The third-order valence-corrected chi connectivity index (χ3v) is 3.58. The van der Waals surface area contributed by atoms with Gasteiger partial charge in [0, 0.05) is 5.56 Å². The van der Waals surface area contributed by atoms with E-state index in [4.69, 9.17) is 5.73 Å². The van der Waals surface area contributed by atoms with Crippen molar-refractivity contribution in [2.24, 2.45) is 5.92 Å². The van der Waals surface area contributed by atoms with Crippen LogP contribution < -0.4 is 10.7 Å². The van der Waals surface area contributed by atoms with Gasteiger partial charge in [-0.1, -0.05) is 49.4 Å². The monoisotopic (exact) mass is 247 g/mol. The van der Waals surface area contributed by atoms with Crippen molar-refractivity contribution >= 4 is 16.5 Å². The summed E-state index contributed by atoms with van der Waals surface area (Å²) in [5.41, 5.74) is 9.52. The third-order valence-electron chi connectivity index (χ3n) is 2.75. The number of hydrogen-bond donors (Lipinski definition) is 1. The maximum Gasteiger partial charge on any atom is 0.330 e. The lowest BCUT2D eigenvalue weighted by molar-refractivity contribution is -0.340. The van der Waals surface area contributed by atoms with Gasteiger partial charge in [-0.3, -0.25) is 5.73 Å². The number of hydrogen-bond acceptors (Lipinski definition) is 2. The van der Waals surface area contributed by atoms with Crippen molar-refractivity contribution in [1.29, 1.82) is 0 Å². The van der Waals surface area contributed by atoms with Crippen LogP contribution >= 0.6 is 11.3 Å². The van der Waals surface area contributed by atoms with Crippen LogP contribution in [0.5, 0.6) is 0 Å². The second-order valence-electron chi connectivity index (χ2n) is 4.82. The number of benzene rings is 1. The molecule has 0 saturated heterocycles. The number of nitrogens with two attached hydrogens (primary N) is 1. The Morgan fingerprint density at radius 2 is 1.88 bits per heavy atom. The predicted molar refractivity (Wildman–Crippen MR) is 74.0 cm³/mol. The van der Waals surface area contributed by atoms with Crippen LogP contribution in [0.4, 0.5) is 5.13 Å². The summed E-state index contributed by atoms with van der Waals surface area (Å²) in [4.78, 5) is 4.45. The molecular formula is C14H19N2S+. The maximum atomic E-state index is 5.78. The van der Waals surface area contributed by atoms with Crippen molar-refractivity contribution in [3.05, 3.63) is 34.7 Å². The molecule has 0 unspecified atom stereocenters. The molecule has 1 heterocycles. The molecule has 0 aliphatic carbocycles. The van der Waals surface area contributed by atoms with E-state index in [1.54, 1.807) is 11.3 Å². The van der Waals surface area contributed by atoms with Gasteiger partial charge in [0.2, 0.25) is 0 Å². The molecule has 0 aliphatic heterocycles. The Balaban J connectivity index is 2.26. The Labute approximate surface area is 107 Å². The summed E-state index contributed by atoms with van der Waals surface area (Å²) < 4.78 is 0. The third kappa shape index (κ3) is 2.86. The molecule has 2 nitrogen and oxygen atoms in total. The molecular weight excluding hydrogens is 228 g/mol. The van der Waals surface area contributed by atoms with Gasteiger partial charge in [-0.05, 0) is 24.8 Å². The SMILES string of the molecule is Cc1sc(N)[nH+]c1-c1ccc(CC(C)C)cc1. The molecule has 1 aromatic carbocycles. The molecule has 3 heteroatoms. The molecule has 3 N–H and O–H groups in total. The Kier molecular flexibility index (Phi) is 3.48. The van der Waals surface area contributed by atoms with Gasteiger partial charge in [0.15, 0.2) is 0 Å². The lowest BCUT2D eigenvalue weighted by Gasteiger charge is -2.05. The molecule has 0 bridgehead atoms. The van der Waals surface area contributed by atoms with Crippen molar-refractivity contribution in [3.63, 3.8) is 0 Å². The Morgan fingerprint density at radius 1 is 1.24 bits per heavy atom. The largest absolute Gasteiger partial charge is 0.330 e. The summed E-state index contributed by atoms with van der Waals surface area (Å²) >= 11 is 1.60. The fraction of sp³-hybridized carbons (Fsp3) is 0.357. The van der Waals surface area contributed by atoms with Crippen LogP contribution in [-0.4, -0.2) is 0 Å². The number of aryl methyl sites for hydroxylation is 1. The van der Waals surface area contributed by atoms with Gasteiger partial charge >= 0.3 is 5.13 Å². The van der Waals surface area contributed by atoms with Gasteiger partial charge in [0.05, 0.1) is 4.88 Å². The smallest absolute Gasteiger partial charge is 0.278 e. The minimum absolute atomic E-state index is 0.700. The number of aromatic amines is 1. The highest BCUT2D eigenvalue weighted by atomic mass is 32.1. The van der Waals surface area contributed by atoms with Gasteiger partial charge in [-0.2, -0.15) is 0 Å². The molecule has 1 aromatic heterocycles. The molecule has 0 radical (unpaired) electrons. The summed E-state index contributed by atoms with van der Waals surface area (Å²) in [7, 11) is 0. The normalized spacial score (nSPS) is 11.1. The summed E-state index contributed by atoms with van der Waals surface area (Å²) in [5, 5.41) is 0.767. The molecule has 0 spiro atoms. The lowest BCUT2D eigenvalue weighted by atomic mass is 10.0. The zero-order valence-corrected chi connectivity index (χ0v) is 11.4. The van der Waals surface area contributed by atoms with Crippen LogP contribution in [0.15, 0.2) is 24.3 Å². The average molecular weight is 247 g/mol.